The van der Waals surface area contributed by atoms with E-state index in [1.165, 1.54) is 6.26 Å². The van der Waals surface area contributed by atoms with Crippen LogP contribution in [0.2, 0.25) is 0 Å². The first-order chi connectivity index (χ1) is 5.88. The third-order valence-corrected chi connectivity index (χ3v) is 1.67. The molecule has 2 rings (SSSR count). The van der Waals surface area contributed by atoms with Gasteiger partial charge in [0.25, 0.3) is 0 Å². The molecule has 60 valence electrons. The molecular formula is C10H7O2-. The van der Waals surface area contributed by atoms with Gasteiger partial charge in [0.15, 0.2) is 0 Å². The van der Waals surface area contributed by atoms with Gasteiger partial charge in [-0.05, 0) is 17.7 Å². The summed E-state index contributed by atoms with van der Waals surface area (Å²) in [6.45, 7) is 0. The van der Waals surface area contributed by atoms with E-state index in [1.807, 2.05) is 12.2 Å². The number of rotatable bonds is 1. The van der Waals surface area contributed by atoms with E-state index in [0.29, 0.717) is 11.3 Å². The van der Waals surface area contributed by atoms with Crippen LogP contribution in [0.1, 0.15) is 5.76 Å². The first kappa shape index (κ1) is 6.98. The van der Waals surface area contributed by atoms with Crippen LogP contribution in [0.5, 0.6) is 0 Å². The van der Waals surface area contributed by atoms with Crippen LogP contribution in [-0.2, 0) is 0 Å². The van der Waals surface area contributed by atoms with E-state index >= 15 is 0 Å². The van der Waals surface area contributed by atoms with Crippen molar-refractivity contribution in [3.8, 4) is 0 Å². The van der Waals surface area contributed by atoms with Crippen molar-refractivity contribution in [2.75, 3.05) is 0 Å². The molecule has 0 bridgehead atoms. The van der Waals surface area contributed by atoms with E-state index in [4.69, 9.17) is 4.42 Å². The summed E-state index contributed by atoms with van der Waals surface area (Å²) in [6, 6.07) is 3.37. The van der Waals surface area contributed by atoms with E-state index in [1.54, 1.807) is 24.3 Å². The molecular weight excluding hydrogens is 152 g/mol. The Morgan fingerprint density at radius 2 is 2.00 bits per heavy atom. The molecule has 0 N–H and O–H groups in total. The van der Waals surface area contributed by atoms with Crippen molar-refractivity contribution in [2.24, 2.45) is 0 Å². The number of hydrogen-bond acceptors (Lipinski definition) is 2. The van der Waals surface area contributed by atoms with Crippen molar-refractivity contribution in [1.29, 1.82) is 0 Å². The molecule has 0 amide bonds. The van der Waals surface area contributed by atoms with E-state index in [2.05, 4.69) is 0 Å². The summed E-state index contributed by atoms with van der Waals surface area (Å²) in [6.07, 6.45) is 8.69. The van der Waals surface area contributed by atoms with Crippen molar-refractivity contribution in [3.05, 3.63) is 54.0 Å². The molecule has 0 spiro atoms. The first-order valence-electron chi connectivity index (χ1n) is 3.68. The smallest absolute Gasteiger partial charge is 0.119 e. The third-order valence-electron chi connectivity index (χ3n) is 1.67. The fourth-order valence-electron chi connectivity index (χ4n) is 1.08. The minimum absolute atomic E-state index is 0.0648. The molecule has 2 heteroatoms. The van der Waals surface area contributed by atoms with Gasteiger partial charge in [0, 0.05) is 0 Å². The molecule has 12 heavy (non-hydrogen) atoms. The van der Waals surface area contributed by atoms with Crippen LogP contribution in [0.15, 0.2) is 52.7 Å². The highest BCUT2D eigenvalue weighted by atomic mass is 16.4. The van der Waals surface area contributed by atoms with Crippen LogP contribution in [0.25, 0.3) is 5.76 Å². The minimum Gasteiger partial charge on any atom is -0.870 e. The van der Waals surface area contributed by atoms with Crippen molar-refractivity contribution in [3.63, 3.8) is 0 Å². The molecule has 0 fully saturated rings. The van der Waals surface area contributed by atoms with Crippen molar-refractivity contribution >= 4 is 5.76 Å². The Kier molecular flexibility index (Phi) is 1.59. The topological polar surface area (TPSA) is 36.2 Å². The third kappa shape index (κ3) is 1.07. The first-order valence-corrected chi connectivity index (χ1v) is 3.68. The molecule has 0 saturated heterocycles. The second-order valence-electron chi connectivity index (χ2n) is 2.48. The monoisotopic (exact) mass is 159 g/mol. The fourth-order valence-corrected chi connectivity index (χ4v) is 1.08. The molecule has 0 aliphatic heterocycles. The summed E-state index contributed by atoms with van der Waals surface area (Å²) < 4.78 is 4.97. The highest BCUT2D eigenvalue weighted by molar-refractivity contribution is 5.64. The van der Waals surface area contributed by atoms with Gasteiger partial charge in [0.05, 0.1) is 6.26 Å². The maximum absolute atomic E-state index is 11.5. The minimum atomic E-state index is -0.0648. The maximum atomic E-state index is 11.5. The van der Waals surface area contributed by atoms with E-state index in [-0.39, 0.29) is 5.76 Å². The lowest BCUT2D eigenvalue weighted by Gasteiger charge is -2.10. The number of furan rings is 1. The van der Waals surface area contributed by atoms with Gasteiger partial charge < -0.3 is 9.52 Å². The summed E-state index contributed by atoms with van der Waals surface area (Å²) in [5.41, 5.74) is 0.671. The molecule has 0 aromatic carbocycles. The molecule has 1 aromatic rings. The van der Waals surface area contributed by atoms with Gasteiger partial charge in [0.2, 0.25) is 0 Å². The highest BCUT2D eigenvalue weighted by Gasteiger charge is 1.98. The predicted octanol–water partition coefficient (Wildman–Crippen LogP) is 1.48. The van der Waals surface area contributed by atoms with E-state index in [9.17, 15) is 5.11 Å². The number of allylic oxidation sites excluding steroid dienone is 5. The highest BCUT2D eigenvalue weighted by Crippen LogP contribution is 2.18. The summed E-state index contributed by atoms with van der Waals surface area (Å²) in [7, 11) is 0. The summed E-state index contributed by atoms with van der Waals surface area (Å²) in [5, 5.41) is 11.5. The molecule has 2 nitrogen and oxygen atoms in total. The average Bonchev–Trinajstić information content (AvgIpc) is 2.77. The van der Waals surface area contributed by atoms with Crippen molar-refractivity contribution < 1.29 is 9.52 Å². The zero-order valence-electron chi connectivity index (χ0n) is 6.36. The molecule has 0 unspecified atom stereocenters. The van der Waals surface area contributed by atoms with E-state index in [0.717, 1.165) is 0 Å². The summed E-state index contributed by atoms with van der Waals surface area (Å²) in [4.78, 5) is 0. The van der Waals surface area contributed by atoms with Crippen molar-refractivity contribution in [2.45, 2.75) is 0 Å². The molecule has 0 radical (unpaired) electrons. The summed E-state index contributed by atoms with van der Waals surface area (Å²) in [5.74, 6) is 0.325. The van der Waals surface area contributed by atoms with Gasteiger partial charge in [-0.1, -0.05) is 30.1 Å². The lowest BCUT2D eigenvalue weighted by molar-refractivity contribution is -0.246. The maximum Gasteiger partial charge on any atom is 0.119 e. The van der Waals surface area contributed by atoms with E-state index < -0.39 is 0 Å². The van der Waals surface area contributed by atoms with Crippen LogP contribution in [0.4, 0.5) is 0 Å². The van der Waals surface area contributed by atoms with Crippen LogP contribution < -0.4 is 5.11 Å². The van der Waals surface area contributed by atoms with Gasteiger partial charge in [0.1, 0.15) is 5.76 Å². The van der Waals surface area contributed by atoms with Crippen LogP contribution in [-0.4, -0.2) is 0 Å². The average molecular weight is 159 g/mol. The molecule has 1 heterocycles. The Morgan fingerprint density at radius 3 is 2.58 bits per heavy atom. The van der Waals surface area contributed by atoms with Gasteiger partial charge in [-0.3, -0.25) is 0 Å². The zero-order valence-corrected chi connectivity index (χ0v) is 6.36. The lowest BCUT2D eigenvalue weighted by atomic mass is 10.2. The zero-order chi connectivity index (χ0) is 8.39. The van der Waals surface area contributed by atoms with Crippen LogP contribution in [0.3, 0.4) is 0 Å². The second-order valence-corrected chi connectivity index (χ2v) is 2.48. The predicted molar refractivity (Wildman–Crippen MR) is 43.9 cm³/mol. The second kappa shape index (κ2) is 2.74. The van der Waals surface area contributed by atoms with Gasteiger partial charge in [-0.25, -0.2) is 0 Å². The van der Waals surface area contributed by atoms with Crippen molar-refractivity contribution in [1.82, 2.24) is 0 Å². The molecule has 1 aliphatic rings. The Morgan fingerprint density at radius 1 is 1.25 bits per heavy atom. The molecule has 0 saturated carbocycles. The molecule has 0 atom stereocenters. The normalized spacial score (nSPS) is 14.2. The quantitative estimate of drug-likeness (QED) is 0.582. The lowest BCUT2D eigenvalue weighted by Crippen LogP contribution is -2.02. The fraction of sp³-hybridized carbons (Fsp3) is 0. The molecule has 1 aromatic heterocycles. The van der Waals surface area contributed by atoms with Gasteiger partial charge in [-0.15, -0.1) is 0 Å². The molecule has 1 aliphatic carbocycles. The Hall–Kier alpha value is -1.70. The van der Waals surface area contributed by atoms with Gasteiger partial charge >= 0.3 is 0 Å². The largest absolute Gasteiger partial charge is 0.870 e. The Bertz CT molecular complexity index is 339. The van der Waals surface area contributed by atoms with Crippen LogP contribution >= 0.6 is 0 Å². The van der Waals surface area contributed by atoms with Gasteiger partial charge in [-0.2, -0.15) is 0 Å². The van der Waals surface area contributed by atoms with Crippen LogP contribution in [0, 0.1) is 0 Å². The Labute approximate surface area is 70.1 Å². The Balaban J connectivity index is 2.42. The summed E-state index contributed by atoms with van der Waals surface area (Å²) >= 11 is 0. The number of hydrogen-bond donors (Lipinski definition) is 0. The standard InChI is InChI=1S/C10H8O2/c11-10(8-4-1-2-5-8)9-6-3-7-12-9/h1-7,11H/p-1. The SMILES string of the molecule is [O-]C(=C1C=CC=C1)c1ccco1.